The summed E-state index contributed by atoms with van der Waals surface area (Å²) in [5.74, 6) is 0. The lowest BCUT2D eigenvalue weighted by atomic mass is 9.96. The summed E-state index contributed by atoms with van der Waals surface area (Å²) < 4.78 is 2.27. The molecule has 1 aromatic carbocycles. The maximum atomic E-state index is 2.29. The van der Waals surface area contributed by atoms with Crippen LogP contribution in [0.2, 0.25) is 0 Å². The highest BCUT2D eigenvalue weighted by atomic mass is 14.9. The second kappa shape index (κ2) is 4.56. The van der Waals surface area contributed by atoms with Gasteiger partial charge in [0.05, 0.1) is 0 Å². The van der Waals surface area contributed by atoms with Crippen molar-refractivity contribution in [2.45, 2.75) is 34.6 Å². The van der Waals surface area contributed by atoms with Gasteiger partial charge in [-0.15, -0.1) is 0 Å². The van der Waals surface area contributed by atoms with Crippen molar-refractivity contribution in [1.29, 1.82) is 0 Å². The molecule has 0 unspecified atom stereocenters. The van der Waals surface area contributed by atoms with Gasteiger partial charge in [-0.1, -0.05) is 11.6 Å². The molecule has 18 heavy (non-hydrogen) atoms. The van der Waals surface area contributed by atoms with Crippen LogP contribution in [0.25, 0.3) is 11.3 Å². The summed E-state index contributed by atoms with van der Waals surface area (Å²) in [4.78, 5) is 0. The second-order valence-corrected chi connectivity index (χ2v) is 5.37. The van der Waals surface area contributed by atoms with Crippen LogP contribution >= 0.6 is 0 Å². The van der Waals surface area contributed by atoms with Crippen LogP contribution < -0.4 is 4.57 Å². The van der Waals surface area contributed by atoms with Gasteiger partial charge in [0.15, 0.2) is 5.69 Å². The molecular formula is C17H22N+. The Morgan fingerprint density at radius 1 is 0.778 bits per heavy atom. The van der Waals surface area contributed by atoms with Crippen LogP contribution in [0.15, 0.2) is 24.3 Å². The fourth-order valence-corrected chi connectivity index (χ4v) is 2.53. The van der Waals surface area contributed by atoms with E-state index in [0.29, 0.717) is 0 Å². The molecule has 1 heteroatoms. The molecule has 0 aliphatic carbocycles. The molecule has 1 aromatic heterocycles. The lowest BCUT2D eigenvalue weighted by molar-refractivity contribution is -0.666. The Labute approximate surface area is 110 Å². The van der Waals surface area contributed by atoms with E-state index in [9.17, 15) is 0 Å². The smallest absolute Gasteiger partial charge is 0.199 e. The van der Waals surface area contributed by atoms with Gasteiger partial charge >= 0.3 is 0 Å². The van der Waals surface area contributed by atoms with E-state index >= 15 is 0 Å². The highest BCUT2D eigenvalue weighted by molar-refractivity contribution is 5.64. The van der Waals surface area contributed by atoms with E-state index in [1.807, 2.05) is 0 Å². The zero-order valence-corrected chi connectivity index (χ0v) is 12.3. The van der Waals surface area contributed by atoms with Gasteiger partial charge in [-0.05, 0) is 50.5 Å². The molecule has 0 saturated carbocycles. The fourth-order valence-electron chi connectivity index (χ4n) is 2.53. The molecule has 0 aliphatic heterocycles. The largest absolute Gasteiger partial charge is 0.213 e. The van der Waals surface area contributed by atoms with Gasteiger partial charge in [0.25, 0.3) is 0 Å². The highest BCUT2D eigenvalue weighted by Gasteiger charge is 2.16. The summed E-state index contributed by atoms with van der Waals surface area (Å²) in [7, 11) is 2.14. The Hall–Kier alpha value is -1.63. The van der Waals surface area contributed by atoms with Crippen LogP contribution in [0.1, 0.15) is 27.9 Å². The molecule has 1 heterocycles. The molecule has 0 aliphatic rings. The molecule has 94 valence electrons. The van der Waals surface area contributed by atoms with Crippen molar-refractivity contribution in [3.63, 3.8) is 0 Å². The molecule has 0 amide bonds. The summed E-state index contributed by atoms with van der Waals surface area (Å²) in [6.45, 7) is 10.9. The topological polar surface area (TPSA) is 3.88 Å². The van der Waals surface area contributed by atoms with Crippen molar-refractivity contribution < 1.29 is 4.57 Å². The first-order valence-electron chi connectivity index (χ1n) is 6.45. The van der Waals surface area contributed by atoms with Gasteiger partial charge in [0.1, 0.15) is 7.05 Å². The molecule has 0 N–H and O–H groups in total. The third-order valence-corrected chi connectivity index (χ3v) is 3.78. The quantitative estimate of drug-likeness (QED) is 0.669. The predicted molar refractivity (Wildman–Crippen MR) is 76.7 cm³/mol. The minimum absolute atomic E-state index is 1.29. The number of aromatic nitrogens is 1. The molecule has 0 spiro atoms. The first-order chi connectivity index (χ1) is 8.40. The lowest BCUT2D eigenvalue weighted by Gasteiger charge is -2.10. The maximum Gasteiger partial charge on any atom is 0.213 e. The number of aryl methyl sites for hydroxylation is 4. The van der Waals surface area contributed by atoms with Crippen LogP contribution in [0.5, 0.6) is 0 Å². The first-order valence-corrected chi connectivity index (χ1v) is 6.45. The molecule has 0 bridgehead atoms. The van der Waals surface area contributed by atoms with Crippen LogP contribution in [0.4, 0.5) is 0 Å². The van der Waals surface area contributed by atoms with E-state index in [4.69, 9.17) is 0 Å². The van der Waals surface area contributed by atoms with E-state index in [0.717, 1.165) is 0 Å². The Balaban J connectivity index is 2.77. The molecule has 0 fully saturated rings. The van der Waals surface area contributed by atoms with Gasteiger partial charge in [0.2, 0.25) is 5.69 Å². The van der Waals surface area contributed by atoms with Crippen LogP contribution in [0.3, 0.4) is 0 Å². The van der Waals surface area contributed by atoms with Gasteiger partial charge in [-0.2, -0.15) is 4.57 Å². The second-order valence-electron chi connectivity index (χ2n) is 5.37. The van der Waals surface area contributed by atoms with E-state index < -0.39 is 0 Å². The number of benzene rings is 1. The zero-order valence-electron chi connectivity index (χ0n) is 12.3. The van der Waals surface area contributed by atoms with Crippen LogP contribution in [-0.4, -0.2) is 0 Å². The van der Waals surface area contributed by atoms with Crippen LogP contribution in [0, 0.1) is 34.6 Å². The monoisotopic (exact) mass is 240 g/mol. The molecule has 2 aromatic rings. The zero-order chi connectivity index (χ0) is 13.4. The van der Waals surface area contributed by atoms with E-state index in [2.05, 4.69) is 70.5 Å². The van der Waals surface area contributed by atoms with Crippen molar-refractivity contribution >= 4 is 0 Å². The van der Waals surface area contributed by atoms with Crippen LogP contribution in [-0.2, 0) is 7.05 Å². The van der Waals surface area contributed by atoms with Gasteiger partial charge in [-0.25, -0.2) is 0 Å². The Kier molecular flexibility index (Phi) is 3.25. The van der Waals surface area contributed by atoms with Crippen molar-refractivity contribution in [2.24, 2.45) is 7.05 Å². The van der Waals surface area contributed by atoms with E-state index in [1.165, 1.54) is 39.2 Å². The minimum atomic E-state index is 1.29. The molecule has 2 rings (SSSR count). The van der Waals surface area contributed by atoms with E-state index in [-0.39, 0.29) is 0 Å². The van der Waals surface area contributed by atoms with Crippen molar-refractivity contribution in [2.75, 3.05) is 0 Å². The average Bonchev–Trinajstić information content (AvgIpc) is 2.28. The predicted octanol–water partition coefficient (Wildman–Crippen LogP) is 3.72. The molecule has 0 saturated heterocycles. The number of rotatable bonds is 1. The van der Waals surface area contributed by atoms with Crippen molar-refractivity contribution in [3.8, 4) is 11.3 Å². The van der Waals surface area contributed by atoms with Gasteiger partial charge in [-0.3, -0.25) is 0 Å². The SMILES string of the molecule is Cc1cc(C)c(C)c(-c2cc(C)cc(C)[n+]2C)c1. The summed E-state index contributed by atoms with van der Waals surface area (Å²) in [5.41, 5.74) is 9.33. The Morgan fingerprint density at radius 2 is 1.39 bits per heavy atom. The Morgan fingerprint density at radius 3 is 2.06 bits per heavy atom. The number of pyridine rings is 1. The van der Waals surface area contributed by atoms with Gasteiger partial charge in [0, 0.05) is 24.6 Å². The minimum Gasteiger partial charge on any atom is -0.199 e. The summed E-state index contributed by atoms with van der Waals surface area (Å²) in [6, 6.07) is 9.04. The van der Waals surface area contributed by atoms with E-state index in [1.54, 1.807) is 0 Å². The first kappa shape index (κ1) is 12.8. The maximum absolute atomic E-state index is 2.29. The highest BCUT2D eigenvalue weighted by Crippen LogP contribution is 2.25. The number of nitrogens with zero attached hydrogens (tertiary/aromatic N) is 1. The standard InChI is InChI=1S/C17H22N/c1-11-7-13(3)15(5)16(9-11)17-10-12(2)8-14(4)18(17)6/h7-10H,1-6H3/q+1. The molecular weight excluding hydrogens is 218 g/mol. The summed E-state index contributed by atoms with van der Waals surface area (Å²) >= 11 is 0. The third-order valence-electron chi connectivity index (χ3n) is 3.78. The normalized spacial score (nSPS) is 10.8. The Bertz CT molecular complexity index is 554. The summed E-state index contributed by atoms with van der Waals surface area (Å²) in [6.07, 6.45) is 0. The van der Waals surface area contributed by atoms with Crippen molar-refractivity contribution in [1.82, 2.24) is 0 Å². The average molecular weight is 240 g/mol. The molecule has 0 atom stereocenters. The lowest BCUT2D eigenvalue weighted by Crippen LogP contribution is -2.35. The molecule has 1 nitrogen and oxygen atoms in total. The fraction of sp³-hybridized carbons (Fsp3) is 0.353. The van der Waals surface area contributed by atoms with Crippen molar-refractivity contribution in [3.05, 3.63) is 52.2 Å². The number of hydrogen-bond donors (Lipinski definition) is 0. The third kappa shape index (κ3) is 2.17. The number of hydrogen-bond acceptors (Lipinski definition) is 0. The molecule has 0 radical (unpaired) electrons. The van der Waals surface area contributed by atoms with Gasteiger partial charge < -0.3 is 0 Å². The summed E-state index contributed by atoms with van der Waals surface area (Å²) in [5, 5.41) is 0.